The predicted octanol–water partition coefficient (Wildman–Crippen LogP) is -0.714. The fraction of sp³-hybridized carbons (Fsp3) is 1.00. The molecule has 3 heteroatoms. The van der Waals surface area contributed by atoms with E-state index in [2.05, 4.69) is 10.2 Å². The first-order valence-electron chi connectivity index (χ1n) is 3.73. The third-order valence-corrected chi connectivity index (χ3v) is 2.05. The van der Waals surface area contributed by atoms with E-state index in [1.54, 1.807) is 0 Å². The maximum Gasteiger partial charge on any atom is 0.0680 e. The van der Waals surface area contributed by atoms with Crippen LogP contribution in [0.3, 0.4) is 0 Å². The maximum absolute atomic E-state index is 9.25. The lowest BCUT2D eigenvalue weighted by molar-refractivity contribution is 0.0606. The van der Waals surface area contributed by atoms with Crippen molar-refractivity contribution >= 4 is 0 Å². The van der Waals surface area contributed by atoms with Gasteiger partial charge in [0, 0.05) is 25.7 Å². The van der Waals surface area contributed by atoms with Crippen LogP contribution in [0.15, 0.2) is 0 Å². The molecule has 0 amide bonds. The van der Waals surface area contributed by atoms with Crippen molar-refractivity contribution < 1.29 is 5.11 Å². The molecule has 0 bridgehead atoms. The lowest BCUT2D eigenvalue weighted by atomic mass is 10.1. The van der Waals surface area contributed by atoms with Gasteiger partial charge in [-0.25, -0.2) is 5.32 Å². The Morgan fingerprint density at radius 2 is 2.40 bits per heavy atom. The van der Waals surface area contributed by atoms with Crippen molar-refractivity contribution in [1.29, 1.82) is 0 Å². The second-order valence-corrected chi connectivity index (χ2v) is 2.92. The maximum atomic E-state index is 9.25. The van der Waals surface area contributed by atoms with Gasteiger partial charge in [-0.2, -0.15) is 0 Å². The van der Waals surface area contributed by atoms with E-state index in [1.807, 2.05) is 14.0 Å². The summed E-state index contributed by atoms with van der Waals surface area (Å²) in [6.45, 7) is 4.51. The zero-order chi connectivity index (χ0) is 7.56. The van der Waals surface area contributed by atoms with E-state index in [9.17, 15) is 5.11 Å². The molecule has 0 aromatic rings. The highest BCUT2D eigenvalue weighted by Crippen LogP contribution is 2.04. The molecule has 10 heavy (non-hydrogen) atoms. The first-order valence-corrected chi connectivity index (χ1v) is 3.73. The van der Waals surface area contributed by atoms with Crippen molar-refractivity contribution in [3.8, 4) is 0 Å². The van der Waals surface area contributed by atoms with Gasteiger partial charge in [0.05, 0.1) is 6.10 Å². The molecule has 0 aromatic carbocycles. The summed E-state index contributed by atoms with van der Waals surface area (Å²) < 4.78 is 0. The van der Waals surface area contributed by atoms with Crippen LogP contribution >= 0.6 is 0 Å². The van der Waals surface area contributed by atoms with Crippen LogP contribution in [0.4, 0.5) is 0 Å². The highest BCUT2D eigenvalue weighted by atomic mass is 16.3. The lowest BCUT2D eigenvalue weighted by Crippen LogP contribution is -2.51. The van der Waals surface area contributed by atoms with E-state index in [1.165, 1.54) is 0 Å². The number of piperazine rings is 1. The molecule has 0 aliphatic carbocycles. The molecule has 1 aliphatic heterocycles. The molecule has 1 saturated heterocycles. The number of likely N-dealkylation sites (N-methyl/N-ethyl adjacent to an activating group) is 1. The average molecular weight is 143 g/mol. The smallest absolute Gasteiger partial charge is 0.0680 e. The van der Waals surface area contributed by atoms with Crippen LogP contribution < -0.4 is 5.32 Å². The van der Waals surface area contributed by atoms with Crippen LogP contribution in [-0.2, 0) is 0 Å². The molecule has 1 N–H and O–H groups in total. The SMILES string of the molecule is CC(O)C1C[N]CCN1C. The molecular weight excluding hydrogens is 128 g/mol. The summed E-state index contributed by atoms with van der Waals surface area (Å²) in [6, 6.07) is 0.244. The third-order valence-electron chi connectivity index (χ3n) is 2.05. The van der Waals surface area contributed by atoms with Crippen molar-refractivity contribution in [2.24, 2.45) is 0 Å². The Balaban J connectivity index is 2.40. The normalized spacial score (nSPS) is 32.1. The van der Waals surface area contributed by atoms with Gasteiger partial charge in [-0.1, -0.05) is 0 Å². The molecule has 0 spiro atoms. The molecule has 2 atom stereocenters. The highest BCUT2D eigenvalue weighted by molar-refractivity contribution is 4.80. The van der Waals surface area contributed by atoms with Crippen LogP contribution in [0.2, 0.25) is 0 Å². The van der Waals surface area contributed by atoms with E-state index >= 15 is 0 Å². The number of hydrogen-bond acceptors (Lipinski definition) is 2. The molecule has 3 nitrogen and oxygen atoms in total. The lowest BCUT2D eigenvalue weighted by Gasteiger charge is -2.33. The van der Waals surface area contributed by atoms with Gasteiger partial charge in [0.2, 0.25) is 0 Å². The Labute approximate surface area is 62.0 Å². The van der Waals surface area contributed by atoms with Crippen molar-refractivity contribution in [3.05, 3.63) is 0 Å². The van der Waals surface area contributed by atoms with Gasteiger partial charge in [-0.05, 0) is 14.0 Å². The Hall–Kier alpha value is -0.120. The molecule has 1 radical (unpaired) electrons. The number of nitrogens with zero attached hydrogens (tertiary/aromatic N) is 2. The quantitative estimate of drug-likeness (QED) is 0.526. The van der Waals surface area contributed by atoms with Gasteiger partial charge in [0.25, 0.3) is 0 Å². The summed E-state index contributed by atoms with van der Waals surface area (Å²) >= 11 is 0. The van der Waals surface area contributed by atoms with Crippen LogP contribution in [0, 0.1) is 0 Å². The Bertz CT molecular complexity index is 106. The van der Waals surface area contributed by atoms with Crippen LogP contribution in [0.25, 0.3) is 0 Å². The zero-order valence-electron chi connectivity index (χ0n) is 6.62. The van der Waals surface area contributed by atoms with Crippen molar-refractivity contribution in [2.75, 3.05) is 26.7 Å². The molecular formula is C7H15N2O. The minimum absolute atomic E-state index is 0.244. The fourth-order valence-corrected chi connectivity index (χ4v) is 1.28. The van der Waals surface area contributed by atoms with Gasteiger partial charge in [0.15, 0.2) is 0 Å². The van der Waals surface area contributed by atoms with Gasteiger partial charge < -0.3 is 5.11 Å². The van der Waals surface area contributed by atoms with Crippen LogP contribution in [-0.4, -0.2) is 48.8 Å². The Kier molecular flexibility index (Phi) is 2.65. The second kappa shape index (κ2) is 3.32. The van der Waals surface area contributed by atoms with Crippen molar-refractivity contribution in [2.45, 2.75) is 19.1 Å². The van der Waals surface area contributed by atoms with E-state index in [0.29, 0.717) is 0 Å². The van der Waals surface area contributed by atoms with E-state index in [0.717, 1.165) is 19.6 Å². The fourth-order valence-electron chi connectivity index (χ4n) is 1.28. The molecule has 0 aromatic heterocycles. The molecule has 2 unspecified atom stereocenters. The standard InChI is InChI=1S/C7H15N2O/c1-6(10)7-5-8-3-4-9(7)2/h6-7,10H,3-5H2,1-2H3. The molecule has 1 aliphatic rings. The zero-order valence-corrected chi connectivity index (χ0v) is 6.62. The number of hydrogen-bond donors (Lipinski definition) is 1. The first kappa shape index (κ1) is 7.98. The van der Waals surface area contributed by atoms with Crippen LogP contribution in [0.1, 0.15) is 6.92 Å². The van der Waals surface area contributed by atoms with Gasteiger partial charge in [-0.3, -0.25) is 4.90 Å². The average Bonchev–Trinajstić information content (AvgIpc) is 1.88. The predicted molar refractivity (Wildman–Crippen MR) is 40.0 cm³/mol. The topological polar surface area (TPSA) is 37.6 Å². The summed E-state index contributed by atoms with van der Waals surface area (Å²) in [5.74, 6) is 0. The summed E-state index contributed by atoms with van der Waals surface area (Å²) in [5.41, 5.74) is 0. The number of rotatable bonds is 1. The molecule has 1 fully saturated rings. The summed E-state index contributed by atoms with van der Waals surface area (Å²) in [6.07, 6.45) is -0.256. The van der Waals surface area contributed by atoms with Crippen LogP contribution in [0.5, 0.6) is 0 Å². The van der Waals surface area contributed by atoms with E-state index in [4.69, 9.17) is 0 Å². The summed E-state index contributed by atoms with van der Waals surface area (Å²) in [7, 11) is 2.03. The summed E-state index contributed by atoms with van der Waals surface area (Å²) in [5, 5.41) is 13.5. The molecule has 59 valence electrons. The minimum Gasteiger partial charge on any atom is -0.392 e. The highest BCUT2D eigenvalue weighted by Gasteiger charge is 2.22. The first-order chi connectivity index (χ1) is 4.72. The summed E-state index contributed by atoms with van der Waals surface area (Å²) in [4.78, 5) is 2.16. The molecule has 0 saturated carbocycles. The Morgan fingerprint density at radius 1 is 1.70 bits per heavy atom. The van der Waals surface area contributed by atoms with E-state index < -0.39 is 0 Å². The van der Waals surface area contributed by atoms with Gasteiger partial charge >= 0.3 is 0 Å². The third kappa shape index (κ3) is 1.68. The monoisotopic (exact) mass is 143 g/mol. The number of aliphatic hydroxyl groups is 1. The molecule has 1 heterocycles. The van der Waals surface area contributed by atoms with Gasteiger partial charge in [0.1, 0.15) is 0 Å². The van der Waals surface area contributed by atoms with Crippen molar-refractivity contribution in [3.63, 3.8) is 0 Å². The van der Waals surface area contributed by atoms with Crippen molar-refractivity contribution in [1.82, 2.24) is 10.2 Å². The minimum atomic E-state index is -0.256. The molecule has 1 rings (SSSR count). The van der Waals surface area contributed by atoms with Gasteiger partial charge in [-0.15, -0.1) is 0 Å². The van der Waals surface area contributed by atoms with E-state index in [-0.39, 0.29) is 12.1 Å². The second-order valence-electron chi connectivity index (χ2n) is 2.92. The number of aliphatic hydroxyl groups excluding tert-OH is 1. The largest absolute Gasteiger partial charge is 0.392 e. The Morgan fingerprint density at radius 3 is 2.80 bits per heavy atom.